The zero-order valence-electron chi connectivity index (χ0n) is 9.23. The topological polar surface area (TPSA) is 26.3 Å². The van der Waals surface area contributed by atoms with E-state index in [1.54, 1.807) is 0 Å². The van der Waals surface area contributed by atoms with Crippen LogP contribution in [0.3, 0.4) is 0 Å². The van der Waals surface area contributed by atoms with Crippen LogP contribution in [-0.4, -0.2) is 53.2 Å². The van der Waals surface area contributed by atoms with Gasteiger partial charge in [0.15, 0.2) is 0 Å². The van der Waals surface area contributed by atoms with Crippen LogP contribution < -0.4 is 0 Å². The van der Waals surface area contributed by atoms with Crippen LogP contribution in [0.5, 0.6) is 0 Å². The van der Waals surface area contributed by atoms with E-state index in [2.05, 4.69) is 14.1 Å². The Balaban J connectivity index is 1.95. The molecule has 1 unspecified atom stereocenters. The number of quaternary nitrogens is 1. The number of hydrogen-bond acceptors (Lipinski definition) is 2. The number of hydrogen-bond donors (Lipinski definition) is 0. The van der Waals surface area contributed by atoms with Crippen molar-refractivity contribution in [3.8, 4) is 0 Å². The van der Waals surface area contributed by atoms with Gasteiger partial charge >= 0.3 is 0 Å². The summed E-state index contributed by atoms with van der Waals surface area (Å²) in [4.78, 5) is 0. The van der Waals surface area contributed by atoms with E-state index in [-0.39, 0.29) is 11.5 Å². The van der Waals surface area contributed by atoms with Gasteiger partial charge < -0.3 is 9.22 Å². The van der Waals surface area contributed by atoms with Crippen molar-refractivity contribution < 1.29 is 13.4 Å². The molecule has 82 valence electrons. The minimum atomic E-state index is -0.748. The third-order valence-electron chi connectivity index (χ3n) is 3.42. The predicted octanol–water partition coefficient (Wildman–Crippen LogP) is 0.576. The second-order valence-electron chi connectivity index (χ2n) is 5.18. The first-order chi connectivity index (χ1) is 6.48. The summed E-state index contributed by atoms with van der Waals surface area (Å²) in [5.74, 6) is 1.38. The van der Waals surface area contributed by atoms with E-state index >= 15 is 0 Å². The summed E-state index contributed by atoms with van der Waals surface area (Å²) < 4.78 is 18.3. The maximum atomic E-state index is 11.5. The molecule has 2 rings (SSSR count). The first kappa shape index (κ1) is 10.6. The largest absolute Gasteiger partial charge is 0.361 e. The fraction of sp³-hybridized carbons (Fsp3) is 1.00. The molecular formula is C10H20NO2S+. The molecule has 0 saturated carbocycles. The summed E-state index contributed by atoms with van der Waals surface area (Å²) in [6.45, 7) is 4.32. The van der Waals surface area contributed by atoms with Crippen LogP contribution in [-0.2, 0) is 15.5 Å². The Morgan fingerprint density at radius 2 is 2.14 bits per heavy atom. The summed E-state index contributed by atoms with van der Waals surface area (Å²) in [6, 6.07) is 0. The average Bonchev–Trinajstić information content (AvgIpc) is 2.57. The molecule has 2 aliphatic rings. The summed E-state index contributed by atoms with van der Waals surface area (Å²) in [5, 5.41) is 0. The number of nitrogens with zero attached hydrogens (tertiary/aromatic N) is 1. The molecule has 2 aliphatic heterocycles. The molecule has 2 heterocycles. The first-order valence-electron chi connectivity index (χ1n) is 5.32. The lowest BCUT2D eigenvalue weighted by atomic mass is 10.0. The SMILES string of the molecule is C[C@H]1O[C@@H]([C@H]2CC[N+](C)(C)C2)CS1=O. The van der Waals surface area contributed by atoms with Gasteiger partial charge in [0.25, 0.3) is 0 Å². The molecule has 2 fully saturated rings. The van der Waals surface area contributed by atoms with Gasteiger partial charge in [-0.25, -0.2) is 0 Å². The highest BCUT2D eigenvalue weighted by molar-refractivity contribution is 7.85. The normalized spacial score (nSPS) is 47.1. The van der Waals surface area contributed by atoms with E-state index in [4.69, 9.17) is 4.74 Å². The van der Waals surface area contributed by atoms with Gasteiger partial charge in [-0.15, -0.1) is 0 Å². The number of rotatable bonds is 1. The summed E-state index contributed by atoms with van der Waals surface area (Å²) in [6.07, 6.45) is 1.48. The van der Waals surface area contributed by atoms with Crippen molar-refractivity contribution in [2.75, 3.05) is 32.9 Å². The standard InChI is InChI=1S/C10H20NO2S/c1-8-13-10(7-14(8)12)9-4-5-11(2,3)6-9/h8-10H,4-7H2,1-3H3/q+1/t8-,9-,10+,14?/m0/s1. The first-order valence-corrected chi connectivity index (χ1v) is 6.71. The molecule has 3 nitrogen and oxygen atoms in total. The van der Waals surface area contributed by atoms with Crippen LogP contribution >= 0.6 is 0 Å². The Morgan fingerprint density at radius 3 is 2.57 bits per heavy atom. The minimum Gasteiger partial charge on any atom is -0.361 e. The molecule has 4 heteroatoms. The molecule has 0 aromatic carbocycles. The number of likely N-dealkylation sites (tertiary alicyclic amines) is 1. The zero-order valence-corrected chi connectivity index (χ0v) is 10.0. The highest BCUT2D eigenvalue weighted by atomic mass is 32.2. The van der Waals surface area contributed by atoms with Gasteiger partial charge in [0.05, 0.1) is 49.8 Å². The maximum absolute atomic E-state index is 11.5. The Morgan fingerprint density at radius 1 is 1.43 bits per heavy atom. The van der Waals surface area contributed by atoms with E-state index in [1.165, 1.54) is 19.5 Å². The van der Waals surface area contributed by atoms with Crippen molar-refractivity contribution in [2.45, 2.75) is 24.9 Å². The molecule has 0 N–H and O–H groups in total. The van der Waals surface area contributed by atoms with Gasteiger partial charge in [0.2, 0.25) is 0 Å². The fourth-order valence-electron chi connectivity index (χ4n) is 2.53. The van der Waals surface area contributed by atoms with Gasteiger partial charge in [0.1, 0.15) is 5.44 Å². The maximum Gasteiger partial charge on any atom is 0.130 e. The molecule has 0 radical (unpaired) electrons. The van der Waals surface area contributed by atoms with Gasteiger partial charge in [-0.1, -0.05) is 0 Å². The second kappa shape index (κ2) is 3.58. The third-order valence-corrected chi connectivity index (χ3v) is 4.93. The molecule has 0 aromatic rings. The summed E-state index contributed by atoms with van der Waals surface area (Å²) >= 11 is 0. The van der Waals surface area contributed by atoms with Gasteiger partial charge in [-0.2, -0.15) is 0 Å². The van der Waals surface area contributed by atoms with Crippen molar-refractivity contribution in [2.24, 2.45) is 5.92 Å². The predicted molar refractivity (Wildman–Crippen MR) is 57.3 cm³/mol. The fourth-order valence-corrected chi connectivity index (χ4v) is 3.74. The lowest BCUT2D eigenvalue weighted by Crippen LogP contribution is -2.38. The van der Waals surface area contributed by atoms with Crippen LogP contribution in [0.4, 0.5) is 0 Å². The summed E-state index contributed by atoms with van der Waals surface area (Å²) in [5.41, 5.74) is -0.0452. The van der Waals surface area contributed by atoms with Gasteiger partial charge in [-0.3, -0.25) is 4.21 Å². The van der Waals surface area contributed by atoms with E-state index < -0.39 is 10.8 Å². The Labute approximate surface area is 88.5 Å². The van der Waals surface area contributed by atoms with Crippen LogP contribution in [0.15, 0.2) is 0 Å². The van der Waals surface area contributed by atoms with Gasteiger partial charge in [0, 0.05) is 12.3 Å². The molecule has 0 spiro atoms. The second-order valence-corrected chi connectivity index (χ2v) is 6.94. The average molecular weight is 218 g/mol. The smallest absolute Gasteiger partial charge is 0.130 e. The van der Waals surface area contributed by atoms with Crippen LogP contribution in [0.2, 0.25) is 0 Å². The zero-order chi connectivity index (χ0) is 10.3. The van der Waals surface area contributed by atoms with E-state index in [0.29, 0.717) is 5.92 Å². The van der Waals surface area contributed by atoms with Crippen molar-refractivity contribution in [3.63, 3.8) is 0 Å². The lowest BCUT2D eigenvalue weighted by Gasteiger charge is -2.24. The van der Waals surface area contributed by atoms with Crippen molar-refractivity contribution in [1.29, 1.82) is 0 Å². The molecule has 2 saturated heterocycles. The molecule has 0 aliphatic carbocycles. The van der Waals surface area contributed by atoms with E-state index in [1.807, 2.05) is 6.92 Å². The van der Waals surface area contributed by atoms with Crippen molar-refractivity contribution in [1.82, 2.24) is 0 Å². The van der Waals surface area contributed by atoms with Crippen molar-refractivity contribution >= 4 is 10.8 Å². The Hall–Kier alpha value is 0.0700. The Kier molecular flexibility index (Phi) is 2.70. The molecular weight excluding hydrogens is 198 g/mol. The quantitative estimate of drug-likeness (QED) is 0.602. The van der Waals surface area contributed by atoms with Crippen LogP contribution in [0, 0.1) is 5.92 Å². The van der Waals surface area contributed by atoms with Crippen LogP contribution in [0.25, 0.3) is 0 Å². The van der Waals surface area contributed by atoms with E-state index in [9.17, 15) is 4.21 Å². The highest BCUT2D eigenvalue weighted by Crippen LogP contribution is 2.29. The monoisotopic (exact) mass is 218 g/mol. The Bertz CT molecular complexity index is 255. The summed E-state index contributed by atoms with van der Waals surface area (Å²) in [7, 11) is 3.77. The molecule has 0 bridgehead atoms. The number of ether oxygens (including phenoxy) is 1. The highest BCUT2D eigenvalue weighted by Gasteiger charge is 2.41. The molecule has 0 amide bonds. The van der Waals surface area contributed by atoms with Crippen LogP contribution in [0.1, 0.15) is 13.3 Å². The molecule has 0 aromatic heterocycles. The lowest BCUT2D eigenvalue weighted by molar-refractivity contribution is -0.879. The molecule has 14 heavy (non-hydrogen) atoms. The van der Waals surface area contributed by atoms with E-state index in [0.717, 1.165) is 10.2 Å². The van der Waals surface area contributed by atoms with Crippen molar-refractivity contribution in [3.05, 3.63) is 0 Å². The minimum absolute atomic E-state index is 0.0452. The molecule has 4 atom stereocenters. The van der Waals surface area contributed by atoms with Gasteiger partial charge in [-0.05, 0) is 6.92 Å². The third kappa shape index (κ3) is 2.02.